The van der Waals surface area contributed by atoms with Gasteiger partial charge in [0.1, 0.15) is 17.3 Å². The molecule has 0 aliphatic heterocycles. The summed E-state index contributed by atoms with van der Waals surface area (Å²) in [4.78, 5) is 45.7. The van der Waals surface area contributed by atoms with Gasteiger partial charge < -0.3 is 5.32 Å². The third kappa shape index (κ3) is 9.55. The molecule has 1 N–H and O–H groups in total. The second-order valence-electron chi connectivity index (χ2n) is 6.30. The summed E-state index contributed by atoms with van der Waals surface area (Å²) in [6.45, 7) is 3.38. The third-order valence-electron chi connectivity index (χ3n) is 3.76. The van der Waals surface area contributed by atoms with Crippen molar-refractivity contribution in [1.29, 1.82) is 0 Å². The van der Waals surface area contributed by atoms with Crippen LogP contribution in [0.15, 0.2) is 24.3 Å². The highest BCUT2D eigenvalue weighted by Gasteiger charge is 2.07. The van der Waals surface area contributed by atoms with Gasteiger partial charge in [-0.1, -0.05) is 19.1 Å². The molecule has 0 fully saturated rings. The van der Waals surface area contributed by atoms with E-state index in [0.717, 1.165) is 12.0 Å². The van der Waals surface area contributed by atoms with Gasteiger partial charge >= 0.3 is 0 Å². The van der Waals surface area contributed by atoms with E-state index in [2.05, 4.69) is 5.32 Å². The van der Waals surface area contributed by atoms with Gasteiger partial charge in [-0.15, -0.1) is 0 Å². The Balaban J connectivity index is 2.33. The first-order valence-corrected chi connectivity index (χ1v) is 8.82. The van der Waals surface area contributed by atoms with Gasteiger partial charge in [-0.05, 0) is 43.9 Å². The summed E-state index contributed by atoms with van der Waals surface area (Å²) in [6.07, 6.45) is 3.70. The Hall–Kier alpha value is -2.30. The molecule has 1 rings (SSSR count). The van der Waals surface area contributed by atoms with E-state index in [1.807, 2.05) is 19.1 Å². The van der Waals surface area contributed by atoms with E-state index < -0.39 is 0 Å². The second-order valence-corrected chi connectivity index (χ2v) is 6.30. The Bertz CT molecular complexity index is 605. The topological polar surface area (TPSA) is 80.3 Å². The third-order valence-corrected chi connectivity index (χ3v) is 3.76. The molecule has 1 aromatic carbocycles. The van der Waals surface area contributed by atoms with Crippen LogP contribution in [0.3, 0.4) is 0 Å². The number of anilines is 1. The summed E-state index contributed by atoms with van der Waals surface area (Å²) in [6, 6.07) is 7.32. The predicted octanol–water partition coefficient (Wildman–Crippen LogP) is 3.65. The zero-order valence-corrected chi connectivity index (χ0v) is 15.1. The first-order valence-electron chi connectivity index (χ1n) is 8.82. The van der Waals surface area contributed by atoms with Crippen LogP contribution in [-0.2, 0) is 25.6 Å². The highest BCUT2D eigenvalue weighted by Crippen LogP contribution is 2.13. The van der Waals surface area contributed by atoms with Gasteiger partial charge in [0.15, 0.2) is 0 Å². The number of rotatable bonds is 12. The highest BCUT2D eigenvalue weighted by molar-refractivity contribution is 5.98. The fraction of sp³-hybridized carbons (Fsp3) is 0.500. The van der Waals surface area contributed by atoms with Crippen LogP contribution in [0.5, 0.6) is 0 Å². The van der Waals surface area contributed by atoms with Crippen LogP contribution in [0.25, 0.3) is 0 Å². The van der Waals surface area contributed by atoms with E-state index in [1.54, 1.807) is 12.1 Å². The van der Waals surface area contributed by atoms with Crippen LogP contribution in [0.2, 0.25) is 0 Å². The van der Waals surface area contributed by atoms with E-state index in [-0.39, 0.29) is 29.7 Å². The number of aryl methyl sites for hydroxylation is 1. The quantitative estimate of drug-likeness (QED) is 0.586. The molecule has 0 aromatic heterocycles. The summed E-state index contributed by atoms with van der Waals surface area (Å²) >= 11 is 0. The molecular formula is C20H27NO4. The maximum absolute atomic E-state index is 11.9. The summed E-state index contributed by atoms with van der Waals surface area (Å²) in [5.74, 6) is -0.0605. The molecule has 0 atom stereocenters. The SMILES string of the molecule is CCCC(=O)CCCC(=O)Nc1ccc(CCC(=O)CC(C)=O)cc1. The van der Waals surface area contributed by atoms with Crippen LogP contribution < -0.4 is 5.32 Å². The minimum atomic E-state index is -0.112. The average Bonchev–Trinajstić information content (AvgIpc) is 2.54. The molecular weight excluding hydrogens is 318 g/mol. The molecule has 1 amide bonds. The van der Waals surface area contributed by atoms with Crippen LogP contribution in [0.4, 0.5) is 5.69 Å². The van der Waals surface area contributed by atoms with Crippen molar-refractivity contribution in [1.82, 2.24) is 0 Å². The lowest BCUT2D eigenvalue weighted by molar-refractivity contribution is -0.126. The van der Waals surface area contributed by atoms with E-state index in [0.29, 0.717) is 44.2 Å². The second kappa shape index (κ2) is 11.3. The molecule has 136 valence electrons. The Morgan fingerprint density at radius 2 is 1.56 bits per heavy atom. The van der Waals surface area contributed by atoms with E-state index in [9.17, 15) is 19.2 Å². The van der Waals surface area contributed by atoms with E-state index in [1.165, 1.54) is 6.92 Å². The smallest absolute Gasteiger partial charge is 0.224 e. The Kier molecular flexibility index (Phi) is 9.37. The Morgan fingerprint density at radius 3 is 2.16 bits per heavy atom. The van der Waals surface area contributed by atoms with E-state index in [4.69, 9.17) is 0 Å². The number of benzene rings is 1. The number of hydrogen-bond acceptors (Lipinski definition) is 4. The highest BCUT2D eigenvalue weighted by atomic mass is 16.2. The van der Waals surface area contributed by atoms with Gasteiger partial charge in [0, 0.05) is 31.4 Å². The predicted molar refractivity (Wildman–Crippen MR) is 97.5 cm³/mol. The van der Waals surface area contributed by atoms with Crippen molar-refractivity contribution >= 4 is 28.9 Å². The standard InChI is InChI=1S/C20H27NO4/c1-3-5-18(23)6-4-7-20(25)21-17-11-8-16(9-12-17)10-13-19(24)14-15(2)22/h8-9,11-12H,3-7,10,13-14H2,1-2H3,(H,21,25). The summed E-state index contributed by atoms with van der Waals surface area (Å²) in [5.41, 5.74) is 1.68. The molecule has 25 heavy (non-hydrogen) atoms. The molecule has 0 radical (unpaired) electrons. The molecule has 1 aromatic rings. The fourth-order valence-corrected chi connectivity index (χ4v) is 2.48. The van der Waals surface area contributed by atoms with Crippen molar-refractivity contribution < 1.29 is 19.2 Å². The van der Waals surface area contributed by atoms with Gasteiger partial charge in [0.2, 0.25) is 5.91 Å². The van der Waals surface area contributed by atoms with E-state index >= 15 is 0 Å². The summed E-state index contributed by atoms with van der Waals surface area (Å²) in [7, 11) is 0. The van der Waals surface area contributed by atoms with Gasteiger partial charge in [0.05, 0.1) is 6.42 Å². The summed E-state index contributed by atoms with van der Waals surface area (Å²) < 4.78 is 0. The molecule has 5 heteroatoms. The average molecular weight is 345 g/mol. The van der Waals surface area contributed by atoms with Crippen molar-refractivity contribution in [3.63, 3.8) is 0 Å². The van der Waals surface area contributed by atoms with Crippen molar-refractivity contribution in [2.75, 3.05) is 5.32 Å². The lowest BCUT2D eigenvalue weighted by atomic mass is 10.0. The minimum absolute atomic E-state index is 0.00506. The number of hydrogen-bond donors (Lipinski definition) is 1. The molecule has 0 aliphatic rings. The zero-order chi connectivity index (χ0) is 18.7. The van der Waals surface area contributed by atoms with Crippen LogP contribution in [0, 0.1) is 0 Å². The number of Topliss-reactive ketones (excluding diaryl/α,β-unsaturated/α-hetero) is 3. The fourth-order valence-electron chi connectivity index (χ4n) is 2.48. The van der Waals surface area contributed by atoms with Crippen molar-refractivity contribution in [2.45, 2.75) is 65.2 Å². The van der Waals surface area contributed by atoms with Gasteiger partial charge in [0.25, 0.3) is 0 Å². The normalized spacial score (nSPS) is 10.3. The van der Waals surface area contributed by atoms with Gasteiger partial charge in [-0.3, -0.25) is 19.2 Å². The number of amides is 1. The van der Waals surface area contributed by atoms with Crippen LogP contribution >= 0.6 is 0 Å². The Morgan fingerprint density at radius 1 is 0.880 bits per heavy atom. The minimum Gasteiger partial charge on any atom is -0.326 e. The van der Waals surface area contributed by atoms with Crippen LogP contribution in [0.1, 0.15) is 64.4 Å². The number of carbonyl (C=O) groups excluding carboxylic acids is 4. The van der Waals surface area contributed by atoms with Crippen LogP contribution in [-0.4, -0.2) is 23.3 Å². The zero-order valence-electron chi connectivity index (χ0n) is 15.1. The molecule has 0 aliphatic carbocycles. The number of ketones is 3. The molecule has 0 heterocycles. The maximum atomic E-state index is 11.9. The van der Waals surface area contributed by atoms with Gasteiger partial charge in [-0.2, -0.15) is 0 Å². The molecule has 0 spiro atoms. The number of carbonyl (C=O) groups is 4. The Labute approximate surface area is 149 Å². The van der Waals surface area contributed by atoms with Crippen molar-refractivity contribution in [3.05, 3.63) is 29.8 Å². The molecule has 0 unspecified atom stereocenters. The molecule has 0 saturated heterocycles. The van der Waals surface area contributed by atoms with Crippen molar-refractivity contribution in [2.24, 2.45) is 0 Å². The largest absolute Gasteiger partial charge is 0.326 e. The molecule has 0 bridgehead atoms. The monoisotopic (exact) mass is 345 g/mol. The first-order chi connectivity index (χ1) is 11.9. The maximum Gasteiger partial charge on any atom is 0.224 e. The lowest BCUT2D eigenvalue weighted by Crippen LogP contribution is -2.12. The first kappa shape index (κ1) is 20.7. The molecule has 5 nitrogen and oxygen atoms in total. The lowest BCUT2D eigenvalue weighted by Gasteiger charge is -2.06. The summed E-state index contributed by atoms with van der Waals surface area (Å²) in [5, 5.41) is 2.80. The van der Waals surface area contributed by atoms with Gasteiger partial charge in [-0.25, -0.2) is 0 Å². The van der Waals surface area contributed by atoms with Crippen molar-refractivity contribution in [3.8, 4) is 0 Å². The number of nitrogens with one attached hydrogen (secondary N) is 1. The molecule has 0 saturated carbocycles.